The molecule has 2 atom stereocenters. The smallest absolute Gasteiger partial charge is 0.258 e. The molecule has 5 rings (SSSR count). The van der Waals surface area contributed by atoms with Crippen molar-refractivity contribution >= 4 is 18.0 Å². The van der Waals surface area contributed by atoms with E-state index in [0.717, 1.165) is 32.1 Å². The fourth-order valence-electron chi connectivity index (χ4n) is 6.56. The fourth-order valence-corrected chi connectivity index (χ4v) is 6.56. The van der Waals surface area contributed by atoms with Crippen LogP contribution in [0.1, 0.15) is 77.1 Å². The summed E-state index contributed by atoms with van der Waals surface area (Å²) < 4.78 is 7.54. The maximum absolute atomic E-state index is 13.4. The molecule has 4 aliphatic rings. The summed E-state index contributed by atoms with van der Waals surface area (Å²) in [6, 6.07) is 0.137. The van der Waals surface area contributed by atoms with E-state index >= 15 is 0 Å². The number of aliphatic hydroxyl groups excluding tert-OH is 1. The molecule has 2 amide bonds. The molecule has 4 aliphatic carbocycles. The van der Waals surface area contributed by atoms with Gasteiger partial charge in [0.15, 0.2) is 0 Å². The third-order valence-corrected chi connectivity index (χ3v) is 7.51. The van der Waals surface area contributed by atoms with Crippen LogP contribution in [0, 0.1) is 23.2 Å². The van der Waals surface area contributed by atoms with Gasteiger partial charge in [0.25, 0.3) is 5.91 Å². The molecular weight excluding hydrogens is 420 g/mol. The minimum atomic E-state index is -0.571. The highest BCUT2D eigenvalue weighted by atomic mass is 16.5. The molecular formula is C25H38N4O4. The first-order chi connectivity index (χ1) is 15.5. The standard InChI is InChI=1S/C25H38N4O4/c1-15(2)33-23-20(13-26-29(23)7-6-24(4,5)28-16(3)31)22(32)27-21-18-8-17-9-19(21)12-25(10-17,11-18)14-30/h6-7,13,15,17-19,21,30H,8-12,14H2,1-5H3,(H,27,32)(H,28,31)/b7-6+/t17?,18?,19?,21-,25-. The molecule has 0 radical (unpaired) electrons. The topological polar surface area (TPSA) is 105 Å². The van der Waals surface area contributed by atoms with Gasteiger partial charge in [-0.25, -0.2) is 4.68 Å². The van der Waals surface area contributed by atoms with E-state index in [1.165, 1.54) is 6.92 Å². The molecule has 33 heavy (non-hydrogen) atoms. The Bertz CT molecular complexity index is 919. The lowest BCUT2D eigenvalue weighted by Gasteiger charge is -2.59. The normalized spacial score (nSPS) is 30.8. The van der Waals surface area contributed by atoms with E-state index in [-0.39, 0.29) is 36.0 Å². The average Bonchev–Trinajstić information content (AvgIpc) is 3.09. The van der Waals surface area contributed by atoms with Gasteiger partial charge < -0.3 is 20.5 Å². The van der Waals surface area contributed by atoms with Crippen LogP contribution >= 0.6 is 0 Å². The van der Waals surface area contributed by atoms with Crippen molar-refractivity contribution in [3.63, 3.8) is 0 Å². The van der Waals surface area contributed by atoms with Crippen molar-refractivity contribution in [2.75, 3.05) is 6.61 Å². The number of ether oxygens (including phenoxy) is 1. The number of rotatable bonds is 8. The molecule has 1 aromatic heterocycles. The third-order valence-electron chi connectivity index (χ3n) is 7.51. The van der Waals surface area contributed by atoms with Crippen LogP contribution < -0.4 is 15.4 Å². The number of amides is 2. The lowest BCUT2D eigenvalue weighted by molar-refractivity contribution is -0.120. The number of hydrogen-bond acceptors (Lipinski definition) is 5. The van der Waals surface area contributed by atoms with Gasteiger partial charge >= 0.3 is 0 Å². The second-order valence-electron chi connectivity index (χ2n) is 11.3. The highest BCUT2D eigenvalue weighted by Crippen LogP contribution is 2.59. The molecule has 4 saturated carbocycles. The number of hydrogen-bond donors (Lipinski definition) is 3. The Morgan fingerprint density at radius 1 is 1.30 bits per heavy atom. The maximum atomic E-state index is 13.4. The predicted molar refractivity (Wildman–Crippen MR) is 126 cm³/mol. The zero-order chi connectivity index (χ0) is 24.0. The highest BCUT2D eigenvalue weighted by molar-refractivity contribution is 5.96. The van der Waals surface area contributed by atoms with Crippen LogP contribution in [0.4, 0.5) is 0 Å². The molecule has 8 heteroatoms. The molecule has 0 saturated heterocycles. The minimum absolute atomic E-state index is 0.0695. The quantitative estimate of drug-likeness (QED) is 0.555. The van der Waals surface area contributed by atoms with Crippen molar-refractivity contribution in [1.29, 1.82) is 0 Å². The van der Waals surface area contributed by atoms with Gasteiger partial charge in [-0.2, -0.15) is 5.10 Å². The number of carbonyl (C=O) groups is 2. The highest BCUT2D eigenvalue weighted by Gasteiger charge is 2.55. The second kappa shape index (κ2) is 8.78. The summed E-state index contributed by atoms with van der Waals surface area (Å²) in [5.74, 6) is 1.64. The van der Waals surface area contributed by atoms with Crippen LogP contribution in [0.5, 0.6) is 5.88 Å². The van der Waals surface area contributed by atoms with Crippen LogP contribution in [0.3, 0.4) is 0 Å². The molecule has 1 aromatic rings. The van der Waals surface area contributed by atoms with E-state index in [2.05, 4.69) is 15.7 Å². The predicted octanol–water partition coefficient (Wildman–Crippen LogP) is 2.97. The Labute approximate surface area is 196 Å². The Morgan fingerprint density at radius 3 is 2.55 bits per heavy atom. The van der Waals surface area contributed by atoms with Gasteiger partial charge in [-0.3, -0.25) is 9.59 Å². The lowest BCUT2D eigenvalue weighted by atomic mass is 9.48. The summed E-state index contributed by atoms with van der Waals surface area (Å²) >= 11 is 0. The third kappa shape index (κ3) is 4.95. The van der Waals surface area contributed by atoms with Crippen LogP contribution in [-0.4, -0.2) is 51.0 Å². The lowest BCUT2D eigenvalue weighted by Crippen LogP contribution is -2.60. The molecule has 0 spiro atoms. The summed E-state index contributed by atoms with van der Waals surface area (Å²) in [6.45, 7) is 9.34. The van der Waals surface area contributed by atoms with E-state index in [1.54, 1.807) is 17.1 Å². The average molecular weight is 459 g/mol. The molecule has 0 aliphatic heterocycles. The van der Waals surface area contributed by atoms with Crippen LogP contribution in [0.15, 0.2) is 12.3 Å². The zero-order valence-corrected chi connectivity index (χ0v) is 20.4. The van der Waals surface area contributed by atoms with Gasteiger partial charge in [0.05, 0.1) is 17.8 Å². The molecule has 8 nitrogen and oxygen atoms in total. The van der Waals surface area contributed by atoms with Gasteiger partial charge in [0.1, 0.15) is 5.56 Å². The number of nitrogens with zero attached hydrogens (tertiary/aromatic N) is 2. The molecule has 0 aromatic carbocycles. The SMILES string of the molecule is CC(=O)NC(C)(C)/C=C/n1ncc(C(=O)N[C@H]2C3CC4CC2C[C@](CO)(C4)C3)c1OC(C)C. The van der Waals surface area contributed by atoms with Gasteiger partial charge in [0, 0.05) is 25.8 Å². The summed E-state index contributed by atoms with van der Waals surface area (Å²) in [5.41, 5.74) is -0.0883. The first kappa shape index (κ1) is 23.8. The molecule has 2 unspecified atom stereocenters. The number of aliphatic hydroxyl groups is 1. The van der Waals surface area contributed by atoms with Crippen molar-refractivity contribution in [2.24, 2.45) is 23.2 Å². The molecule has 3 N–H and O–H groups in total. The summed E-state index contributed by atoms with van der Waals surface area (Å²) in [7, 11) is 0. The molecule has 1 heterocycles. The monoisotopic (exact) mass is 458 g/mol. The Kier molecular flexibility index (Phi) is 6.33. The fraction of sp³-hybridized carbons (Fsp3) is 0.720. The van der Waals surface area contributed by atoms with Crippen LogP contribution in [-0.2, 0) is 4.79 Å². The molecule has 4 fully saturated rings. The van der Waals surface area contributed by atoms with Crippen molar-refractivity contribution in [1.82, 2.24) is 20.4 Å². The van der Waals surface area contributed by atoms with Gasteiger partial charge in [-0.15, -0.1) is 0 Å². The first-order valence-electron chi connectivity index (χ1n) is 12.1. The van der Waals surface area contributed by atoms with Crippen molar-refractivity contribution in [3.05, 3.63) is 17.8 Å². The Hall–Kier alpha value is -2.35. The summed E-state index contributed by atoms with van der Waals surface area (Å²) in [5, 5.41) is 20.6. The van der Waals surface area contributed by atoms with Crippen molar-refractivity contribution in [3.8, 4) is 5.88 Å². The van der Waals surface area contributed by atoms with E-state index in [9.17, 15) is 14.7 Å². The van der Waals surface area contributed by atoms with Gasteiger partial charge in [0.2, 0.25) is 11.8 Å². The Morgan fingerprint density at radius 2 is 1.97 bits per heavy atom. The minimum Gasteiger partial charge on any atom is -0.474 e. The molecule has 4 bridgehead atoms. The van der Waals surface area contributed by atoms with E-state index in [1.807, 2.05) is 33.8 Å². The number of aromatic nitrogens is 2. The zero-order valence-electron chi connectivity index (χ0n) is 20.4. The van der Waals surface area contributed by atoms with Gasteiger partial charge in [-0.05, 0) is 89.0 Å². The van der Waals surface area contributed by atoms with Crippen LogP contribution in [0.25, 0.3) is 6.20 Å². The maximum Gasteiger partial charge on any atom is 0.258 e. The van der Waals surface area contributed by atoms with E-state index in [0.29, 0.717) is 29.2 Å². The van der Waals surface area contributed by atoms with Gasteiger partial charge in [-0.1, -0.05) is 0 Å². The summed E-state index contributed by atoms with van der Waals surface area (Å²) in [6.07, 6.45) is 10.4. The summed E-state index contributed by atoms with van der Waals surface area (Å²) in [4.78, 5) is 24.8. The van der Waals surface area contributed by atoms with Crippen molar-refractivity contribution in [2.45, 2.75) is 84.4 Å². The Balaban J connectivity index is 1.53. The van der Waals surface area contributed by atoms with Crippen molar-refractivity contribution < 1.29 is 19.4 Å². The van der Waals surface area contributed by atoms with Crippen LogP contribution in [0.2, 0.25) is 0 Å². The van der Waals surface area contributed by atoms with E-state index in [4.69, 9.17) is 4.74 Å². The largest absolute Gasteiger partial charge is 0.474 e. The number of nitrogens with one attached hydrogen (secondary N) is 2. The van der Waals surface area contributed by atoms with E-state index < -0.39 is 5.54 Å². The first-order valence-corrected chi connectivity index (χ1v) is 12.1. The second-order valence-corrected chi connectivity index (χ2v) is 11.3. The molecule has 182 valence electrons. The number of carbonyl (C=O) groups excluding carboxylic acids is 2.